The molecule has 1 heterocycles. The molecule has 0 saturated carbocycles. The molecule has 0 atom stereocenters. The van der Waals surface area contributed by atoms with Gasteiger partial charge in [0.25, 0.3) is 0 Å². The maximum atomic E-state index is 13.1. The number of unbranched alkanes of at least 4 members (excludes halogenated alkanes) is 3. The summed E-state index contributed by atoms with van der Waals surface area (Å²) in [7, 11) is 0. The molecule has 0 unspecified atom stereocenters. The highest BCUT2D eigenvalue weighted by Gasteiger charge is 2.43. The Morgan fingerprint density at radius 1 is 0.971 bits per heavy atom. The molecule has 2 aromatic carbocycles. The Labute approximate surface area is 201 Å². The van der Waals surface area contributed by atoms with Gasteiger partial charge in [-0.2, -0.15) is 0 Å². The maximum absolute atomic E-state index is 13.1. The number of rotatable bonds is 11. The predicted molar refractivity (Wildman–Crippen MR) is 132 cm³/mol. The topological polar surface area (TPSA) is 84.9 Å². The van der Waals surface area contributed by atoms with Crippen molar-refractivity contribution in [3.8, 4) is 0 Å². The molecule has 0 saturated heterocycles. The van der Waals surface area contributed by atoms with E-state index in [0.717, 1.165) is 42.5 Å². The summed E-state index contributed by atoms with van der Waals surface area (Å²) in [5.74, 6) is -0.104. The largest absolute Gasteiger partial charge is 0.466 e. The first kappa shape index (κ1) is 25.3. The summed E-state index contributed by atoms with van der Waals surface area (Å²) in [6.07, 6.45) is 3.34. The molecule has 0 fully saturated rings. The molecular formula is C27H34N2O5. The van der Waals surface area contributed by atoms with Gasteiger partial charge in [-0.05, 0) is 56.9 Å². The first-order chi connectivity index (χ1) is 16.3. The van der Waals surface area contributed by atoms with E-state index < -0.39 is 11.5 Å². The minimum absolute atomic E-state index is 0.0535. The average Bonchev–Trinajstić information content (AvgIpc) is 3.00. The Kier molecular flexibility index (Phi) is 8.68. The van der Waals surface area contributed by atoms with Crippen LogP contribution in [-0.4, -0.2) is 31.1 Å². The lowest BCUT2D eigenvalue weighted by molar-refractivity contribution is -0.143. The van der Waals surface area contributed by atoms with Crippen LogP contribution in [0.5, 0.6) is 0 Å². The predicted octanol–water partition coefficient (Wildman–Crippen LogP) is 5.57. The van der Waals surface area contributed by atoms with E-state index in [-0.39, 0.29) is 18.5 Å². The summed E-state index contributed by atoms with van der Waals surface area (Å²) in [5.41, 5.74) is 2.64. The van der Waals surface area contributed by atoms with Gasteiger partial charge in [-0.15, -0.1) is 0 Å². The van der Waals surface area contributed by atoms with Crippen LogP contribution in [-0.2, 0) is 31.1 Å². The van der Waals surface area contributed by atoms with Crippen molar-refractivity contribution in [2.45, 2.75) is 64.9 Å². The standard InChI is InChI=1S/C27H34N2O5/c1-4-33-24(30)14-10-5-6-11-17-29-23-18-21(15-16-22(23)27(2,3)25(29)31)28-26(32)34-19-20-12-8-7-9-13-20/h7-9,12-13,15-16,18H,4-6,10-11,14,17,19H2,1-3H3,(H,28,32). The first-order valence-corrected chi connectivity index (χ1v) is 11.9. The van der Waals surface area contributed by atoms with E-state index in [4.69, 9.17) is 9.47 Å². The number of amides is 2. The van der Waals surface area contributed by atoms with Crippen molar-refractivity contribution >= 4 is 29.3 Å². The molecule has 7 nitrogen and oxygen atoms in total. The second kappa shape index (κ2) is 11.7. The molecule has 2 amide bonds. The van der Waals surface area contributed by atoms with Gasteiger partial charge in [-0.25, -0.2) is 4.79 Å². The number of benzene rings is 2. The van der Waals surface area contributed by atoms with Gasteiger partial charge in [0, 0.05) is 24.3 Å². The second-order valence-corrected chi connectivity index (χ2v) is 8.97. The van der Waals surface area contributed by atoms with Gasteiger partial charge in [0.05, 0.1) is 12.0 Å². The summed E-state index contributed by atoms with van der Waals surface area (Å²) in [4.78, 5) is 38.6. The first-order valence-electron chi connectivity index (χ1n) is 11.9. The van der Waals surface area contributed by atoms with E-state index in [2.05, 4.69) is 5.32 Å². The third-order valence-electron chi connectivity index (χ3n) is 6.02. The van der Waals surface area contributed by atoms with Gasteiger partial charge in [0.1, 0.15) is 6.61 Å². The minimum Gasteiger partial charge on any atom is -0.466 e. The van der Waals surface area contributed by atoms with Gasteiger partial charge in [0.15, 0.2) is 0 Å². The lowest BCUT2D eigenvalue weighted by Crippen LogP contribution is -2.36. The molecule has 0 radical (unpaired) electrons. The van der Waals surface area contributed by atoms with Crippen LogP contribution in [0.25, 0.3) is 0 Å². The molecule has 34 heavy (non-hydrogen) atoms. The quantitative estimate of drug-likeness (QED) is 0.345. The van der Waals surface area contributed by atoms with Crippen molar-refractivity contribution in [2.75, 3.05) is 23.4 Å². The molecule has 1 N–H and O–H groups in total. The average molecular weight is 467 g/mol. The van der Waals surface area contributed by atoms with Gasteiger partial charge in [-0.3, -0.25) is 14.9 Å². The van der Waals surface area contributed by atoms with Crippen molar-refractivity contribution in [2.24, 2.45) is 0 Å². The number of nitrogens with zero attached hydrogens (tertiary/aromatic N) is 1. The monoisotopic (exact) mass is 466 g/mol. The number of fused-ring (bicyclic) bond motifs is 1. The third-order valence-corrected chi connectivity index (χ3v) is 6.02. The number of nitrogens with one attached hydrogen (secondary N) is 1. The van der Waals surface area contributed by atoms with E-state index >= 15 is 0 Å². The molecule has 1 aliphatic rings. The number of anilines is 2. The van der Waals surface area contributed by atoms with Crippen LogP contribution >= 0.6 is 0 Å². The van der Waals surface area contributed by atoms with Crippen molar-refractivity contribution < 1.29 is 23.9 Å². The zero-order valence-electron chi connectivity index (χ0n) is 20.3. The van der Waals surface area contributed by atoms with Crippen LogP contribution in [0, 0.1) is 0 Å². The van der Waals surface area contributed by atoms with E-state index in [0.29, 0.717) is 25.3 Å². The van der Waals surface area contributed by atoms with Crippen LogP contribution in [0.3, 0.4) is 0 Å². The van der Waals surface area contributed by atoms with Gasteiger partial charge < -0.3 is 14.4 Å². The Morgan fingerprint density at radius 2 is 1.71 bits per heavy atom. The number of carbonyl (C=O) groups excluding carboxylic acids is 3. The third kappa shape index (κ3) is 6.37. The summed E-state index contributed by atoms with van der Waals surface area (Å²) < 4.78 is 10.3. The molecule has 3 rings (SSSR count). The van der Waals surface area contributed by atoms with Gasteiger partial charge in [0.2, 0.25) is 5.91 Å². The molecule has 0 aromatic heterocycles. The van der Waals surface area contributed by atoms with E-state index in [1.807, 2.05) is 56.3 Å². The fraction of sp³-hybridized carbons (Fsp3) is 0.444. The van der Waals surface area contributed by atoms with Crippen LogP contribution in [0.15, 0.2) is 48.5 Å². The molecule has 0 spiro atoms. The van der Waals surface area contributed by atoms with E-state index in [1.165, 1.54) is 0 Å². The molecular weight excluding hydrogens is 432 g/mol. The molecule has 2 aromatic rings. The zero-order valence-corrected chi connectivity index (χ0v) is 20.3. The molecule has 0 aliphatic carbocycles. The molecule has 7 heteroatoms. The van der Waals surface area contributed by atoms with Crippen LogP contribution in [0.2, 0.25) is 0 Å². The minimum atomic E-state index is -0.619. The Hall–Kier alpha value is -3.35. The highest BCUT2D eigenvalue weighted by Crippen LogP contribution is 2.43. The zero-order chi connectivity index (χ0) is 24.6. The number of esters is 1. The van der Waals surface area contributed by atoms with Crippen molar-refractivity contribution in [3.63, 3.8) is 0 Å². The lowest BCUT2D eigenvalue weighted by Gasteiger charge is -2.20. The number of ether oxygens (including phenoxy) is 2. The summed E-state index contributed by atoms with van der Waals surface area (Å²) in [6, 6.07) is 15.0. The number of hydrogen-bond acceptors (Lipinski definition) is 5. The maximum Gasteiger partial charge on any atom is 0.411 e. The summed E-state index contributed by atoms with van der Waals surface area (Å²) in [5, 5.41) is 2.77. The SMILES string of the molecule is CCOC(=O)CCCCCCN1C(=O)C(C)(C)c2ccc(NC(=O)OCc3ccccc3)cc21. The van der Waals surface area contributed by atoms with Crippen molar-refractivity contribution in [1.82, 2.24) is 0 Å². The Bertz CT molecular complexity index is 1000. The van der Waals surface area contributed by atoms with Crippen LogP contribution in [0.4, 0.5) is 16.2 Å². The van der Waals surface area contributed by atoms with Crippen molar-refractivity contribution in [1.29, 1.82) is 0 Å². The lowest BCUT2D eigenvalue weighted by atomic mass is 9.86. The highest BCUT2D eigenvalue weighted by atomic mass is 16.5. The molecule has 0 bridgehead atoms. The summed E-state index contributed by atoms with van der Waals surface area (Å²) in [6.45, 7) is 6.84. The van der Waals surface area contributed by atoms with E-state index in [1.54, 1.807) is 17.9 Å². The number of carbonyl (C=O) groups is 3. The second-order valence-electron chi connectivity index (χ2n) is 8.97. The van der Waals surface area contributed by atoms with Gasteiger partial charge in [-0.1, -0.05) is 49.2 Å². The normalized spacial score (nSPS) is 14.0. The van der Waals surface area contributed by atoms with Gasteiger partial charge >= 0.3 is 12.1 Å². The fourth-order valence-corrected chi connectivity index (χ4v) is 4.15. The molecule has 1 aliphatic heterocycles. The smallest absolute Gasteiger partial charge is 0.411 e. The van der Waals surface area contributed by atoms with Crippen LogP contribution in [0.1, 0.15) is 64.0 Å². The van der Waals surface area contributed by atoms with Crippen molar-refractivity contribution in [3.05, 3.63) is 59.7 Å². The fourth-order valence-electron chi connectivity index (χ4n) is 4.15. The Morgan fingerprint density at radius 3 is 2.44 bits per heavy atom. The Balaban J connectivity index is 1.56. The van der Waals surface area contributed by atoms with Crippen LogP contribution < -0.4 is 10.2 Å². The highest BCUT2D eigenvalue weighted by molar-refractivity contribution is 6.08. The number of hydrogen-bond donors (Lipinski definition) is 1. The van der Waals surface area contributed by atoms with E-state index in [9.17, 15) is 14.4 Å². The summed E-state index contributed by atoms with van der Waals surface area (Å²) >= 11 is 0. The molecule has 182 valence electrons.